The fourth-order valence-corrected chi connectivity index (χ4v) is 4.23. The van der Waals surface area contributed by atoms with Crippen molar-refractivity contribution in [1.29, 1.82) is 0 Å². The van der Waals surface area contributed by atoms with E-state index in [0.717, 1.165) is 12.8 Å². The van der Waals surface area contributed by atoms with E-state index >= 15 is 0 Å². The van der Waals surface area contributed by atoms with E-state index in [1.807, 2.05) is 0 Å². The lowest BCUT2D eigenvalue weighted by molar-refractivity contribution is -0.142. The molecule has 0 spiro atoms. The number of sulfonamides is 1. The third-order valence-corrected chi connectivity index (χ3v) is 5.67. The lowest BCUT2D eigenvalue weighted by Gasteiger charge is -2.34. The van der Waals surface area contributed by atoms with Gasteiger partial charge >= 0.3 is 5.97 Å². The van der Waals surface area contributed by atoms with Crippen molar-refractivity contribution in [2.75, 3.05) is 12.3 Å². The van der Waals surface area contributed by atoms with Crippen LogP contribution in [0.4, 0.5) is 0 Å². The monoisotopic (exact) mass is 320 g/mol. The van der Waals surface area contributed by atoms with Gasteiger partial charge in [0.25, 0.3) is 0 Å². The molecule has 1 aliphatic rings. The molecule has 1 fully saturated rings. The van der Waals surface area contributed by atoms with Gasteiger partial charge in [0.15, 0.2) is 0 Å². The minimum absolute atomic E-state index is 0.00686. The average molecular weight is 320 g/mol. The summed E-state index contributed by atoms with van der Waals surface area (Å²) in [6.07, 6.45) is 2.67. The molecular formula is C13H24N2O5S. The van der Waals surface area contributed by atoms with Crippen molar-refractivity contribution in [3.8, 4) is 0 Å². The summed E-state index contributed by atoms with van der Waals surface area (Å²) in [5.41, 5.74) is 0. The highest BCUT2D eigenvalue weighted by atomic mass is 32.2. The highest BCUT2D eigenvalue weighted by Gasteiger charge is 2.37. The Labute approximate surface area is 125 Å². The van der Waals surface area contributed by atoms with E-state index in [4.69, 9.17) is 5.11 Å². The number of carboxylic acid groups (broad SMARTS) is 1. The molecule has 1 aliphatic heterocycles. The van der Waals surface area contributed by atoms with Crippen LogP contribution in [0.3, 0.4) is 0 Å². The number of hydrogen-bond donors (Lipinski definition) is 2. The number of rotatable bonds is 7. The molecule has 0 aliphatic carbocycles. The van der Waals surface area contributed by atoms with Crippen LogP contribution in [0.25, 0.3) is 0 Å². The Bertz CT molecular complexity index is 477. The molecule has 21 heavy (non-hydrogen) atoms. The number of piperidine rings is 1. The summed E-state index contributed by atoms with van der Waals surface area (Å²) >= 11 is 0. The zero-order valence-electron chi connectivity index (χ0n) is 12.5. The zero-order chi connectivity index (χ0) is 16.0. The lowest BCUT2D eigenvalue weighted by atomic mass is 10.0. The summed E-state index contributed by atoms with van der Waals surface area (Å²) in [6.45, 7) is 3.75. The molecule has 2 unspecified atom stereocenters. The summed E-state index contributed by atoms with van der Waals surface area (Å²) in [4.78, 5) is 23.2. The Morgan fingerprint density at radius 2 is 2.00 bits per heavy atom. The second-order valence-corrected chi connectivity index (χ2v) is 7.29. The van der Waals surface area contributed by atoms with Gasteiger partial charge in [0.2, 0.25) is 15.9 Å². The summed E-state index contributed by atoms with van der Waals surface area (Å²) in [7, 11) is -3.47. The SMILES string of the molecule is CCCS(=O)(=O)N1CCCCC1C(=O)NC(CC)C(=O)O. The number of nitrogens with one attached hydrogen (secondary N) is 1. The quantitative estimate of drug-likeness (QED) is 0.713. The summed E-state index contributed by atoms with van der Waals surface area (Å²) in [5.74, 6) is -1.61. The Kier molecular flexibility index (Phi) is 6.60. The van der Waals surface area contributed by atoms with Crippen molar-refractivity contribution < 1.29 is 23.1 Å². The molecule has 0 radical (unpaired) electrons. The molecule has 122 valence electrons. The molecule has 0 bridgehead atoms. The fourth-order valence-electron chi connectivity index (χ4n) is 2.48. The normalized spacial score (nSPS) is 21.7. The first-order valence-corrected chi connectivity index (χ1v) is 8.97. The number of amides is 1. The largest absolute Gasteiger partial charge is 0.480 e. The van der Waals surface area contributed by atoms with Crippen LogP contribution in [-0.2, 0) is 19.6 Å². The molecule has 0 aromatic heterocycles. The van der Waals surface area contributed by atoms with E-state index < -0.39 is 34.0 Å². The van der Waals surface area contributed by atoms with Gasteiger partial charge in [-0.3, -0.25) is 4.79 Å². The molecule has 0 saturated carbocycles. The molecule has 1 rings (SSSR count). The maximum atomic E-state index is 12.3. The van der Waals surface area contributed by atoms with Crippen molar-refractivity contribution in [1.82, 2.24) is 9.62 Å². The molecule has 1 saturated heterocycles. The van der Waals surface area contributed by atoms with Gasteiger partial charge in [-0.05, 0) is 25.7 Å². The number of carboxylic acids is 1. The number of carbonyl (C=O) groups is 2. The lowest BCUT2D eigenvalue weighted by Crippen LogP contribution is -2.55. The summed E-state index contributed by atoms with van der Waals surface area (Å²) < 4.78 is 25.7. The Hall–Kier alpha value is -1.15. The average Bonchev–Trinajstić information content (AvgIpc) is 2.44. The summed E-state index contributed by atoms with van der Waals surface area (Å²) in [6, 6.07) is -1.76. The summed E-state index contributed by atoms with van der Waals surface area (Å²) in [5, 5.41) is 11.4. The van der Waals surface area contributed by atoms with Crippen molar-refractivity contribution >= 4 is 21.9 Å². The van der Waals surface area contributed by atoms with Crippen molar-refractivity contribution in [3.05, 3.63) is 0 Å². The van der Waals surface area contributed by atoms with Gasteiger partial charge in [-0.2, -0.15) is 4.31 Å². The first kappa shape index (κ1) is 17.9. The predicted molar refractivity (Wildman–Crippen MR) is 78.3 cm³/mol. The highest BCUT2D eigenvalue weighted by molar-refractivity contribution is 7.89. The van der Waals surface area contributed by atoms with Crippen LogP contribution in [0, 0.1) is 0 Å². The maximum Gasteiger partial charge on any atom is 0.326 e. The first-order chi connectivity index (χ1) is 9.83. The second-order valence-electron chi connectivity index (χ2n) is 5.25. The highest BCUT2D eigenvalue weighted by Crippen LogP contribution is 2.21. The molecule has 1 heterocycles. The molecule has 0 aromatic rings. The maximum absolute atomic E-state index is 12.3. The van der Waals surface area contributed by atoms with Crippen molar-refractivity contribution in [2.45, 2.75) is 58.0 Å². The number of nitrogens with zero attached hydrogens (tertiary/aromatic N) is 1. The van der Waals surface area contributed by atoms with Crippen LogP contribution in [0.2, 0.25) is 0 Å². The Morgan fingerprint density at radius 1 is 1.33 bits per heavy atom. The molecular weight excluding hydrogens is 296 g/mol. The van der Waals surface area contributed by atoms with Gasteiger partial charge < -0.3 is 10.4 Å². The van der Waals surface area contributed by atoms with Gasteiger partial charge in [-0.25, -0.2) is 13.2 Å². The Balaban J connectivity index is 2.86. The fraction of sp³-hybridized carbons (Fsp3) is 0.846. The smallest absolute Gasteiger partial charge is 0.326 e. The minimum Gasteiger partial charge on any atom is -0.480 e. The van der Waals surface area contributed by atoms with Gasteiger partial charge in [0, 0.05) is 6.54 Å². The Morgan fingerprint density at radius 3 is 2.52 bits per heavy atom. The second kappa shape index (κ2) is 7.74. The van der Waals surface area contributed by atoms with Gasteiger partial charge in [0.05, 0.1) is 5.75 Å². The van der Waals surface area contributed by atoms with E-state index in [9.17, 15) is 18.0 Å². The van der Waals surface area contributed by atoms with E-state index in [1.54, 1.807) is 13.8 Å². The zero-order valence-corrected chi connectivity index (χ0v) is 13.4. The topological polar surface area (TPSA) is 104 Å². The molecule has 7 nitrogen and oxygen atoms in total. The van der Waals surface area contributed by atoms with Crippen LogP contribution < -0.4 is 5.32 Å². The van der Waals surface area contributed by atoms with Gasteiger partial charge in [-0.1, -0.05) is 20.3 Å². The molecule has 0 aromatic carbocycles. The molecule has 8 heteroatoms. The van der Waals surface area contributed by atoms with Gasteiger partial charge in [0.1, 0.15) is 12.1 Å². The molecule has 2 atom stereocenters. The van der Waals surface area contributed by atoms with E-state index in [-0.39, 0.29) is 12.2 Å². The van der Waals surface area contributed by atoms with Crippen LogP contribution in [0.15, 0.2) is 0 Å². The van der Waals surface area contributed by atoms with Gasteiger partial charge in [-0.15, -0.1) is 0 Å². The van der Waals surface area contributed by atoms with E-state index in [0.29, 0.717) is 19.4 Å². The number of aliphatic carboxylic acids is 1. The minimum atomic E-state index is -3.47. The van der Waals surface area contributed by atoms with Crippen LogP contribution in [0.5, 0.6) is 0 Å². The van der Waals surface area contributed by atoms with Crippen molar-refractivity contribution in [3.63, 3.8) is 0 Å². The van der Waals surface area contributed by atoms with E-state index in [1.165, 1.54) is 4.31 Å². The van der Waals surface area contributed by atoms with Crippen LogP contribution in [0.1, 0.15) is 46.0 Å². The van der Waals surface area contributed by atoms with Crippen LogP contribution in [-0.4, -0.2) is 54.1 Å². The van der Waals surface area contributed by atoms with E-state index in [2.05, 4.69) is 5.32 Å². The van der Waals surface area contributed by atoms with Crippen molar-refractivity contribution in [2.24, 2.45) is 0 Å². The number of carbonyl (C=O) groups excluding carboxylic acids is 1. The van der Waals surface area contributed by atoms with Crippen LogP contribution >= 0.6 is 0 Å². The predicted octanol–water partition coefficient (Wildman–Crippen LogP) is 0.560. The third-order valence-electron chi connectivity index (χ3n) is 3.60. The standard InChI is InChI=1S/C13H24N2O5S/c1-3-9-21(19,20)15-8-6-5-7-11(15)12(16)14-10(4-2)13(17)18/h10-11H,3-9H2,1-2H3,(H,14,16)(H,17,18). The molecule has 2 N–H and O–H groups in total. The molecule has 1 amide bonds. The number of hydrogen-bond acceptors (Lipinski definition) is 4. The third kappa shape index (κ3) is 4.67. The first-order valence-electron chi connectivity index (χ1n) is 7.36.